The summed E-state index contributed by atoms with van der Waals surface area (Å²) in [5.74, 6) is 0.452. The molecule has 0 radical (unpaired) electrons. The zero-order chi connectivity index (χ0) is 25.7. The predicted molar refractivity (Wildman–Crippen MR) is 150 cm³/mol. The minimum Gasteiger partial charge on any atom is -0.342 e. The Morgan fingerprint density at radius 1 is 1.11 bits per heavy atom. The molecule has 0 spiro atoms. The van der Waals surface area contributed by atoms with Crippen molar-refractivity contribution in [3.05, 3.63) is 67.0 Å². The highest BCUT2D eigenvalue weighted by Gasteiger charge is 2.26. The van der Waals surface area contributed by atoms with Crippen LogP contribution in [0.2, 0.25) is 10.0 Å². The predicted octanol–water partition coefficient (Wildman–Crippen LogP) is 6.38. The van der Waals surface area contributed by atoms with E-state index in [1.165, 1.54) is 17.8 Å². The van der Waals surface area contributed by atoms with Gasteiger partial charge in [-0.2, -0.15) is 0 Å². The van der Waals surface area contributed by atoms with Crippen LogP contribution < -0.4 is 10.6 Å². The topological polar surface area (TPSA) is 88.9 Å². The van der Waals surface area contributed by atoms with Gasteiger partial charge in [-0.1, -0.05) is 48.8 Å². The van der Waals surface area contributed by atoms with E-state index < -0.39 is 0 Å². The van der Waals surface area contributed by atoms with Crippen LogP contribution in [0.15, 0.2) is 41.6 Å². The van der Waals surface area contributed by atoms with Gasteiger partial charge in [-0.15, -0.1) is 10.2 Å². The zero-order valence-electron chi connectivity index (χ0n) is 19.7. The molecule has 1 aromatic heterocycles. The van der Waals surface area contributed by atoms with Gasteiger partial charge in [0.05, 0.1) is 21.8 Å². The first-order valence-electron chi connectivity index (χ1n) is 11.0. The fourth-order valence-corrected chi connectivity index (χ4v) is 5.16. The molecule has 186 valence electrons. The second-order valence-corrected chi connectivity index (χ2v) is 11.2. The third kappa shape index (κ3) is 7.12. The van der Waals surface area contributed by atoms with E-state index in [9.17, 15) is 9.59 Å². The summed E-state index contributed by atoms with van der Waals surface area (Å²) in [5.41, 5.74) is 2.20. The van der Waals surface area contributed by atoms with Crippen molar-refractivity contribution in [2.75, 3.05) is 11.1 Å². The van der Waals surface area contributed by atoms with E-state index in [2.05, 4.69) is 43.4 Å². The van der Waals surface area contributed by atoms with Gasteiger partial charge in [0.1, 0.15) is 0 Å². The number of amides is 2. The van der Waals surface area contributed by atoms with E-state index in [1.807, 2.05) is 50.5 Å². The summed E-state index contributed by atoms with van der Waals surface area (Å²) in [7, 11) is 0. The molecular weight excluding hydrogens is 620 g/mol. The van der Waals surface area contributed by atoms with Crippen LogP contribution in [0.25, 0.3) is 0 Å². The molecule has 3 rings (SSSR count). The van der Waals surface area contributed by atoms with Crippen molar-refractivity contribution in [3.8, 4) is 0 Å². The van der Waals surface area contributed by atoms with Gasteiger partial charge in [0, 0.05) is 21.4 Å². The molecule has 0 aliphatic carbocycles. The number of rotatable bonds is 9. The van der Waals surface area contributed by atoms with Crippen molar-refractivity contribution >= 4 is 75.1 Å². The van der Waals surface area contributed by atoms with Crippen LogP contribution in [0, 0.1) is 16.4 Å². The van der Waals surface area contributed by atoms with Crippen molar-refractivity contribution in [2.24, 2.45) is 5.92 Å². The van der Waals surface area contributed by atoms with Crippen molar-refractivity contribution in [1.82, 2.24) is 20.1 Å². The normalized spacial score (nSPS) is 12.0. The van der Waals surface area contributed by atoms with Crippen LogP contribution in [0.5, 0.6) is 0 Å². The maximum absolute atomic E-state index is 12.9. The number of aryl methyl sites for hydroxylation is 1. The third-order valence-corrected chi connectivity index (χ3v) is 7.65. The van der Waals surface area contributed by atoms with Gasteiger partial charge in [-0.05, 0) is 84.3 Å². The standard InChI is InChI=1S/C24H26Cl2IN5O2S/c1-5-32-22(21(13(2)3)29-23(34)15-6-8-17(25)18(26)11-15)30-31-24(32)35-12-20(33)28-19-9-7-16(27)10-14(19)4/h6-11,13,21H,5,12H2,1-4H3,(H,28,33)(H,29,34)/t21-/m0/s1. The molecule has 2 amide bonds. The molecule has 0 aliphatic heterocycles. The first kappa shape index (κ1) is 27.8. The number of hydrogen-bond donors (Lipinski definition) is 2. The van der Waals surface area contributed by atoms with Gasteiger partial charge in [0.25, 0.3) is 5.91 Å². The third-order valence-electron chi connectivity index (χ3n) is 5.27. The van der Waals surface area contributed by atoms with E-state index in [0.29, 0.717) is 33.1 Å². The summed E-state index contributed by atoms with van der Waals surface area (Å²) in [6, 6.07) is 10.2. The number of carbonyl (C=O) groups excluding carboxylic acids is 2. The summed E-state index contributed by atoms with van der Waals surface area (Å²) in [6.07, 6.45) is 0. The van der Waals surface area contributed by atoms with Crippen LogP contribution in [-0.2, 0) is 11.3 Å². The fraction of sp³-hybridized carbons (Fsp3) is 0.333. The highest BCUT2D eigenvalue weighted by Crippen LogP contribution is 2.27. The number of halogens is 3. The molecule has 1 heterocycles. The Morgan fingerprint density at radius 2 is 1.86 bits per heavy atom. The second kappa shape index (κ2) is 12.4. The molecule has 35 heavy (non-hydrogen) atoms. The van der Waals surface area contributed by atoms with Crippen LogP contribution in [-0.4, -0.2) is 32.3 Å². The molecule has 0 saturated carbocycles. The molecule has 0 unspecified atom stereocenters. The Morgan fingerprint density at radius 3 is 2.49 bits per heavy atom. The Balaban J connectivity index is 1.72. The number of carbonyl (C=O) groups is 2. The molecular formula is C24H26Cl2IN5O2S. The van der Waals surface area contributed by atoms with Gasteiger partial charge in [0.2, 0.25) is 5.91 Å². The van der Waals surface area contributed by atoms with Crippen LogP contribution in [0.3, 0.4) is 0 Å². The summed E-state index contributed by atoms with van der Waals surface area (Å²) < 4.78 is 3.04. The van der Waals surface area contributed by atoms with E-state index in [4.69, 9.17) is 23.2 Å². The molecule has 1 atom stereocenters. The van der Waals surface area contributed by atoms with E-state index in [1.54, 1.807) is 12.1 Å². The lowest BCUT2D eigenvalue weighted by Crippen LogP contribution is -2.33. The lowest BCUT2D eigenvalue weighted by molar-refractivity contribution is -0.113. The van der Waals surface area contributed by atoms with Crippen LogP contribution >= 0.6 is 57.6 Å². The Labute approximate surface area is 232 Å². The minimum absolute atomic E-state index is 0.0428. The van der Waals surface area contributed by atoms with Crippen molar-refractivity contribution < 1.29 is 9.59 Å². The quantitative estimate of drug-likeness (QED) is 0.208. The molecule has 0 saturated heterocycles. The average molecular weight is 646 g/mol. The van der Waals surface area contributed by atoms with Gasteiger partial charge >= 0.3 is 0 Å². The van der Waals surface area contributed by atoms with Gasteiger partial charge < -0.3 is 15.2 Å². The maximum atomic E-state index is 12.9. The SMILES string of the molecule is CCn1c(SCC(=O)Nc2ccc(I)cc2C)nnc1[C@@H](NC(=O)c1ccc(Cl)c(Cl)c1)C(C)C. The monoisotopic (exact) mass is 645 g/mol. The molecule has 2 aromatic carbocycles. The van der Waals surface area contributed by atoms with Gasteiger partial charge in [-0.25, -0.2) is 0 Å². The number of hydrogen-bond acceptors (Lipinski definition) is 5. The Kier molecular flexibility index (Phi) is 9.86. The number of anilines is 1. The molecule has 0 fully saturated rings. The summed E-state index contributed by atoms with van der Waals surface area (Å²) in [6.45, 7) is 8.53. The van der Waals surface area contributed by atoms with Crippen LogP contribution in [0.1, 0.15) is 48.6 Å². The van der Waals surface area contributed by atoms with E-state index in [-0.39, 0.29) is 29.5 Å². The molecule has 7 nitrogen and oxygen atoms in total. The molecule has 0 aliphatic rings. The first-order chi connectivity index (χ1) is 16.6. The van der Waals surface area contributed by atoms with Gasteiger partial charge in [-0.3, -0.25) is 9.59 Å². The van der Waals surface area contributed by atoms with E-state index >= 15 is 0 Å². The average Bonchev–Trinajstić information content (AvgIpc) is 3.21. The number of thioether (sulfide) groups is 1. The second-order valence-electron chi connectivity index (χ2n) is 8.21. The Hall–Kier alpha value is -1.82. The smallest absolute Gasteiger partial charge is 0.251 e. The molecule has 11 heteroatoms. The lowest BCUT2D eigenvalue weighted by Gasteiger charge is -2.22. The van der Waals surface area contributed by atoms with E-state index in [0.717, 1.165) is 14.8 Å². The first-order valence-corrected chi connectivity index (χ1v) is 13.8. The van der Waals surface area contributed by atoms with Crippen molar-refractivity contribution in [2.45, 2.75) is 45.4 Å². The number of aromatic nitrogens is 3. The zero-order valence-corrected chi connectivity index (χ0v) is 24.2. The molecule has 0 bridgehead atoms. The van der Waals surface area contributed by atoms with Crippen LogP contribution in [0.4, 0.5) is 5.69 Å². The summed E-state index contributed by atoms with van der Waals surface area (Å²) >= 11 is 15.6. The number of nitrogens with one attached hydrogen (secondary N) is 2. The lowest BCUT2D eigenvalue weighted by atomic mass is 10.0. The highest BCUT2D eigenvalue weighted by molar-refractivity contribution is 14.1. The van der Waals surface area contributed by atoms with Gasteiger partial charge in [0.15, 0.2) is 11.0 Å². The molecule has 2 N–H and O–H groups in total. The number of nitrogens with zero attached hydrogens (tertiary/aromatic N) is 3. The number of benzene rings is 2. The van der Waals surface area contributed by atoms with Crippen molar-refractivity contribution in [1.29, 1.82) is 0 Å². The summed E-state index contributed by atoms with van der Waals surface area (Å²) in [5, 5.41) is 16.0. The Bertz CT molecular complexity index is 1230. The fourth-order valence-electron chi connectivity index (χ4n) is 3.41. The summed E-state index contributed by atoms with van der Waals surface area (Å²) in [4.78, 5) is 25.5. The van der Waals surface area contributed by atoms with Crippen molar-refractivity contribution in [3.63, 3.8) is 0 Å². The maximum Gasteiger partial charge on any atom is 0.251 e. The minimum atomic E-state index is -0.387. The highest BCUT2D eigenvalue weighted by atomic mass is 127. The molecule has 3 aromatic rings. The largest absolute Gasteiger partial charge is 0.342 e.